The van der Waals surface area contributed by atoms with Gasteiger partial charge in [-0.15, -0.1) is 0 Å². The summed E-state index contributed by atoms with van der Waals surface area (Å²) in [5.41, 5.74) is 3.04. The Morgan fingerprint density at radius 3 is 2.33 bits per heavy atom. The highest BCUT2D eigenvalue weighted by atomic mass is 16.1. The molecular weight excluding hydrogens is 255 g/mol. The van der Waals surface area contributed by atoms with Crippen LogP contribution < -0.4 is 0 Å². The highest BCUT2D eigenvalue weighted by Gasteiger charge is 2.08. The van der Waals surface area contributed by atoms with E-state index in [2.05, 4.69) is 33.2 Å². The number of benzene rings is 2. The van der Waals surface area contributed by atoms with Gasteiger partial charge >= 0.3 is 0 Å². The molecule has 2 aromatic carbocycles. The smallest absolute Gasteiger partial charge is 0.185 e. The van der Waals surface area contributed by atoms with E-state index in [1.807, 2.05) is 48.5 Å². The summed E-state index contributed by atoms with van der Waals surface area (Å²) in [4.78, 5) is 12.1. The second-order valence-electron chi connectivity index (χ2n) is 5.08. The first-order valence-corrected chi connectivity index (χ1v) is 7.41. The quantitative estimate of drug-likeness (QED) is 0.421. The van der Waals surface area contributed by atoms with Crippen LogP contribution in [0.15, 0.2) is 60.7 Å². The molecule has 0 aliphatic rings. The lowest BCUT2D eigenvalue weighted by Crippen LogP contribution is -2.04. The molecule has 1 unspecified atom stereocenters. The summed E-state index contributed by atoms with van der Waals surface area (Å²) in [5.74, 6) is 0.507. The molecule has 0 aromatic heterocycles. The van der Waals surface area contributed by atoms with Crippen molar-refractivity contribution in [1.29, 1.82) is 0 Å². The van der Waals surface area contributed by atoms with Crippen LogP contribution in [0.3, 0.4) is 0 Å². The van der Waals surface area contributed by atoms with Gasteiger partial charge in [0, 0.05) is 5.56 Å². The highest BCUT2D eigenvalue weighted by molar-refractivity contribution is 6.35. The Balaban J connectivity index is 2.08. The third-order valence-electron chi connectivity index (χ3n) is 3.69. The van der Waals surface area contributed by atoms with E-state index in [1.54, 1.807) is 6.08 Å². The van der Waals surface area contributed by atoms with Crippen LogP contribution in [0.1, 0.15) is 40.6 Å². The number of carbonyl (C=O) groups is 1. The molecule has 1 nitrogen and oxygen atoms in total. The molecule has 2 heteroatoms. The third kappa shape index (κ3) is 4.19. The van der Waals surface area contributed by atoms with Crippen LogP contribution in [0, 0.1) is 0 Å². The van der Waals surface area contributed by atoms with Crippen molar-refractivity contribution in [3.05, 3.63) is 77.4 Å². The molecule has 0 amide bonds. The first-order valence-electron chi connectivity index (χ1n) is 7.41. The Bertz CT molecular complexity index is 595. The SMILES string of the molecule is C[B]C(CC)c1ccc(C(=O)C=Cc2ccccc2)cc1. The average molecular weight is 275 g/mol. The van der Waals surface area contributed by atoms with E-state index in [1.165, 1.54) is 5.56 Å². The Morgan fingerprint density at radius 2 is 1.76 bits per heavy atom. The molecule has 105 valence electrons. The van der Waals surface area contributed by atoms with Gasteiger partial charge in [-0.2, -0.15) is 0 Å². The number of hydrogen-bond donors (Lipinski definition) is 0. The number of carbonyl (C=O) groups excluding carboxylic acids is 1. The molecule has 0 aliphatic carbocycles. The van der Waals surface area contributed by atoms with Crippen LogP contribution in [-0.2, 0) is 0 Å². The van der Waals surface area contributed by atoms with Gasteiger partial charge < -0.3 is 0 Å². The van der Waals surface area contributed by atoms with E-state index >= 15 is 0 Å². The van der Waals surface area contributed by atoms with Gasteiger partial charge in [-0.05, 0) is 17.5 Å². The summed E-state index contributed by atoms with van der Waals surface area (Å²) in [6.07, 6.45) is 4.57. The van der Waals surface area contributed by atoms with E-state index in [-0.39, 0.29) is 5.78 Å². The first-order chi connectivity index (χ1) is 10.2. The van der Waals surface area contributed by atoms with Gasteiger partial charge in [-0.3, -0.25) is 4.79 Å². The van der Waals surface area contributed by atoms with Crippen LogP contribution in [0.25, 0.3) is 6.08 Å². The van der Waals surface area contributed by atoms with Crippen LogP contribution in [-0.4, -0.2) is 13.1 Å². The molecule has 0 heterocycles. The standard InChI is InChI=1S/C19H20BO/c1-3-18(20-2)16-10-12-17(13-11-16)19(21)14-9-15-7-5-4-6-8-15/h4-14,18H,3H2,1-2H3. The van der Waals surface area contributed by atoms with Crippen LogP contribution >= 0.6 is 0 Å². The maximum atomic E-state index is 12.1. The van der Waals surface area contributed by atoms with Crippen molar-refractivity contribution in [2.24, 2.45) is 0 Å². The number of ketones is 1. The predicted molar refractivity (Wildman–Crippen MR) is 90.9 cm³/mol. The summed E-state index contributed by atoms with van der Waals surface area (Å²) in [5, 5.41) is 0. The van der Waals surface area contributed by atoms with E-state index < -0.39 is 0 Å². The van der Waals surface area contributed by atoms with Gasteiger partial charge in [0.25, 0.3) is 0 Å². The van der Waals surface area contributed by atoms with Crippen molar-refractivity contribution >= 4 is 19.1 Å². The lowest BCUT2D eigenvalue weighted by atomic mass is 9.62. The second-order valence-corrected chi connectivity index (χ2v) is 5.08. The van der Waals surface area contributed by atoms with Crippen molar-refractivity contribution in [3.63, 3.8) is 0 Å². The Labute approximate surface area is 128 Å². The normalized spacial score (nSPS) is 12.3. The molecule has 21 heavy (non-hydrogen) atoms. The zero-order valence-corrected chi connectivity index (χ0v) is 12.6. The summed E-state index contributed by atoms with van der Waals surface area (Å²) in [6, 6.07) is 17.8. The van der Waals surface area contributed by atoms with Gasteiger partial charge in [0.15, 0.2) is 5.78 Å². The highest BCUT2D eigenvalue weighted by Crippen LogP contribution is 2.19. The molecule has 0 fully saturated rings. The van der Waals surface area contributed by atoms with Crippen molar-refractivity contribution < 1.29 is 4.79 Å². The number of hydrogen-bond acceptors (Lipinski definition) is 1. The molecule has 1 radical (unpaired) electrons. The topological polar surface area (TPSA) is 17.1 Å². The number of allylic oxidation sites excluding steroid dienone is 1. The zero-order valence-electron chi connectivity index (χ0n) is 12.6. The fourth-order valence-electron chi connectivity index (χ4n) is 2.39. The largest absolute Gasteiger partial charge is 0.289 e. The monoisotopic (exact) mass is 275 g/mol. The maximum Gasteiger partial charge on any atom is 0.185 e. The van der Waals surface area contributed by atoms with Crippen molar-refractivity contribution in [2.45, 2.75) is 26.0 Å². The van der Waals surface area contributed by atoms with Crippen LogP contribution in [0.4, 0.5) is 0 Å². The van der Waals surface area contributed by atoms with E-state index in [0.717, 1.165) is 17.5 Å². The molecule has 0 saturated carbocycles. The van der Waals surface area contributed by atoms with Gasteiger partial charge in [-0.25, -0.2) is 0 Å². The predicted octanol–water partition coefficient (Wildman–Crippen LogP) is 4.79. The summed E-state index contributed by atoms with van der Waals surface area (Å²) >= 11 is 0. The Kier molecular flexibility index (Phi) is 5.56. The number of rotatable bonds is 6. The fraction of sp³-hybridized carbons (Fsp3) is 0.211. The maximum absolute atomic E-state index is 12.1. The van der Waals surface area contributed by atoms with Gasteiger partial charge in [-0.1, -0.05) is 86.4 Å². The summed E-state index contributed by atoms with van der Waals surface area (Å²) in [6.45, 7) is 4.25. The minimum atomic E-state index is 0.0407. The molecule has 2 aromatic rings. The first kappa shape index (κ1) is 15.3. The molecular formula is C19H20BO. The lowest BCUT2D eigenvalue weighted by Gasteiger charge is -2.12. The molecule has 2 rings (SSSR count). The minimum absolute atomic E-state index is 0.0407. The van der Waals surface area contributed by atoms with Crippen LogP contribution in [0.2, 0.25) is 6.82 Å². The summed E-state index contributed by atoms with van der Waals surface area (Å²) in [7, 11) is 2.20. The molecule has 0 bridgehead atoms. The average Bonchev–Trinajstić information content (AvgIpc) is 2.55. The molecule has 0 spiro atoms. The fourth-order valence-corrected chi connectivity index (χ4v) is 2.39. The van der Waals surface area contributed by atoms with Gasteiger partial charge in [0.1, 0.15) is 7.28 Å². The van der Waals surface area contributed by atoms with E-state index in [0.29, 0.717) is 5.82 Å². The Morgan fingerprint density at radius 1 is 1.10 bits per heavy atom. The zero-order chi connectivity index (χ0) is 15.1. The lowest BCUT2D eigenvalue weighted by molar-refractivity contribution is 0.104. The van der Waals surface area contributed by atoms with Crippen molar-refractivity contribution in [1.82, 2.24) is 0 Å². The van der Waals surface area contributed by atoms with Gasteiger partial charge in [0.05, 0.1) is 0 Å². The molecule has 0 N–H and O–H groups in total. The molecule has 0 saturated heterocycles. The van der Waals surface area contributed by atoms with E-state index in [9.17, 15) is 4.79 Å². The Hall–Kier alpha value is -2.09. The summed E-state index contributed by atoms with van der Waals surface area (Å²) < 4.78 is 0. The molecule has 1 atom stereocenters. The van der Waals surface area contributed by atoms with Gasteiger partial charge in [0.2, 0.25) is 0 Å². The van der Waals surface area contributed by atoms with Crippen LogP contribution in [0.5, 0.6) is 0 Å². The minimum Gasteiger partial charge on any atom is -0.289 e. The second kappa shape index (κ2) is 7.63. The third-order valence-corrected chi connectivity index (χ3v) is 3.69. The van der Waals surface area contributed by atoms with Crippen molar-refractivity contribution in [2.75, 3.05) is 0 Å². The van der Waals surface area contributed by atoms with E-state index in [4.69, 9.17) is 0 Å². The molecule has 0 aliphatic heterocycles. The van der Waals surface area contributed by atoms with Crippen molar-refractivity contribution in [3.8, 4) is 0 Å².